The number of hydrogen-bond acceptors (Lipinski definition) is 4. The highest BCUT2D eigenvalue weighted by molar-refractivity contribution is 5.76. The predicted octanol–water partition coefficient (Wildman–Crippen LogP) is 2.11. The van der Waals surface area contributed by atoms with E-state index in [-0.39, 0.29) is 18.0 Å². The summed E-state index contributed by atoms with van der Waals surface area (Å²) in [5, 5.41) is 4.14. The van der Waals surface area contributed by atoms with E-state index < -0.39 is 0 Å². The number of benzene rings is 1. The lowest BCUT2D eigenvalue weighted by molar-refractivity contribution is -0.132. The predicted molar refractivity (Wildman–Crippen MR) is 102 cm³/mol. The molecule has 1 saturated heterocycles. The number of likely N-dealkylation sites (tertiary alicyclic amines) is 1. The van der Waals surface area contributed by atoms with Crippen LogP contribution < -0.4 is 10.5 Å². The number of hydrogen-bond donors (Lipinski definition) is 0. The highest BCUT2D eigenvalue weighted by Gasteiger charge is 2.22. The second-order valence-electron chi connectivity index (χ2n) is 7.02. The van der Waals surface area contributed by atoms with Gasteiger partial charge in [0, 0.05) is 33.3 Å². The van der Waals surface area contributed by atoms with Gasteiger partial charge in [0.2, 0.25) is 5.91 Å². The fourth-order valence-corrected chi connectivity index (χ4v) is 3.42. The Bertz CT molecular complexity index is 801. The zero-order valence-electron chi connectivity index (χ0n) is 15.5. The summed E-state index contributed by atoms with van der Waals surface area (Å²) in [5.41, 5.74) is 1.83. The van der Waals surface area contributed by atoms with E-state index in [9.17, 15) is 9.59 Å². The maximum Gasteiger partial charge on any atom is 0.269 e. The van der Waals surface area contributed by atoms with Crippen molar-refractivity contribution in [2.75, 3.05) is 32.1 Å². The van der Waals surface area contributed by atoms with Gasteiger partial charge in [0.1, 0.15) is 6.54 Å². The Kier molecular flexibility index (Phi) is 5.71. The van der Waals surface area contributed by atoms with Gasteiger partial charge in [-0.3, -0.25) is 9.59 Å². The molecule has 0 radical (unpaired) electrons. The van der Waals surface area contributed by atoms with Gasteiger partial charge in [-0.15, -0.1) is 0 Å². The van der Waals surface area contributed by atoms with Gasteiger partial charge in [-0.05, 0) is 30.7 Å². The topological polar surface area (TPSA) is 58.4 Å². The standard InChI is InChI=1S/C20H26N4O2/c1-22(2)18-13-19(25)24(21-14-18)15-20(26)23-11-6-9-17(10-12-23)16-7-4-3-5-8-16/h3-5,7-8,13-14,17H,6,9-12,15H2,1-2H3/t17-/m1/s1. The first kappa shape index (κ1) is 18.2. The Balaban J connectivity index is 1.63. The summed E-state index contributed by atoms with van der Waals surface area (Å²) in [4.78, 5) is 28.5. The summed E-state index contributed by atoms with van der Waals surface area (Å²) in [6.45, 7) is 1.47. The first-order valence-electron chi connectivity index (χ1n) is 9.12. The second kappa shape index (κ2) is 8.17. The van der Waals surface area contributed by atoms with Crippen molar-refractivity contribution in [2.45, 2.75) is 31.7 Å². The molecule has 3 rings (SSSR count). The van der Waals surface area contributed by atoms with Gasteiger partial charge >= 0.3 is 0 Å². The Hall–Kier alpha value is -2.63. The molecule has 138 valence electrons. The molecule has 1 aliphatic heterocycles. The second-order valence-corrected chi connectivity index (χ2v) is 7.02. The lowest BCUT2D eigenvalue weighted by Crippen LogP contribution is -2.38. The first-order valence-corrected chi connectivity index (χ1v) is 9.12. The van der Waals surface area contributed by atoms with Gasteiger partial charge in [-0.1, -0.05) is 30.3 Å². The molecule has 1 aromatic carbocycles. The minimum atomic E-state index is -0.249. The van der Waals surface area contributed by atoms with E-state index in [4.69, 9.17) is 0 Å². The van der Waals surface area contributed by atoms with Crippen LogP contribution in [0.4, 0.5) is 5.69 Å². The SMILES string of the molecule is CN(C)c1cnn(CC(=O)N2CCC[C@@H](c3ccccc3)CC2)c(=O)c1. The molecule has 1 fully saturated rings. The molecule has 1 amide bonds. The number of carbonyl (C=O) groups excluding carboxylic acids is 1. The van der Waals surface area contributed by atoms with Crippen LogP contribution in [0.15, 0.2) is 47.4 Å². The van der Waals surface area contributed by atoms with Crippen LogP contribution in [0.1, 0.15) is 30.7 Å². The number of rotatable bonds is 4. The lowest BCUT2D eigenvalue weighted by Gasteiger charge is -2.21. The molecule has 0 saturated carbocycles. The van der Waals surface area contributed by atoms with Crippen LogP contribution in [-0.4, -0.2) is 47.8 Å². The lowest BCUT2D eigenvalue weighted by atomic mass is 9.92. The Morgan fingerprint density at radius 2 is 1.96 bits per heavy atom. The van der Waals surface area contributed by atoms with Crippen molar-refractivity contribution in [3.8, 4) is 0 Å². The molecule has 6 nitrogen and oxygen atoms in total. The monoisotopic (exact) mass is 354 g/mol. The Labute approximate surface area is 154 Å². The molecule has 2 aromatic rings. The van der Waals surface area contributed by atoms with E-state index in [1.807, 2.05) is 30.0 Å². The van der Waals surface area contributed by atoms with Gasteiger partial charge in [0.25, 0.3) is 5.56 Å². The highest BCUT2D eigenvalue weighted by atomic mass is 16.2. The Morgan fingerprint density at radius 1 is 1.19 bits per heavy atom. The average molecular weight is 354 g/mol. The molecule has 1 aromatic heterocycles. The molecule has 1 atom stereocenters. The van der Waals surface area contributed by atoms with E-state index in [0.29, 0.717) is 5.92 Å². The number of nitrogens with zero attached hydrogens (tertiary/aromatic N) is 4. The van der Waals surface area contributed by atoms with Crippen LogP contribution in [-0.2, 0) is 11.3 Å². The summed E-state index contributed by atoms with van der Waals surface area (Å²) >= 11 is 0. The quantitative estimate of drug-likeness (QED) is 0.844. The van der Waals surface area contributed by atoms with Gasteiger partial charge in [-0.2, -0.15) is 5.10 Å². The molecule has 0 spiro atoms. The van der Waals surface area contributed by atoms with Crippen molar-refractivity contribution in [3.63, 3.8) is 0 Å². The molecule has 2 heterocycles. The maximum absolute atomic E-state index is 12.7. The fraction of sp³-hybridized carbons (Fsp3) is 0.450. The first-order chi connectivity index (χ1) is 12.5. The van der Waals surface area contributed by atoms with Crippen molar-refractivity contribution in [3.05, 3.63) is 58.5 Å². The van der Waals surface area contributed by atoms with Crippen molar-refractivity contribution >= 4 is 11.6 Å². The van der Waals surface area contributed by atoms with Gasteiger partial charge < -0.3 is 9.80 Å². The van der Waals surface area contributed by atoms with Gasteiger partial charge in [0.05, 0.1) is 11.9 Å². The van der Waals surface area contributed by atoms with Crippen LogP contribution in [0.2, 0.25) is 0 Å². The molecular weight excluding hydrogens is 328 g/mol. The molecule has 0 aliphatic carbocycles. The summed E-state index contributed by atoms with van der Waals surface area (Å²) < 4.78 is 1.24. The van der Waals surface area contributed by atoms with E-state index >= 15 is 0 Å². The third-order valence-electron chi connectivity index (χ3n) is 5.01. The molecule has 0 unspecified atom stereocenters. The Morgan fingerprint density at radius 3 is 2.65 bits per heavy atom. The zero-order valence-corrected chi connectivity index (χ0v) is 15.5. The normalized spacial score (nSPS) is 17.6. The van der Waals surface area contributed by atoms with Crippen molar-refractivity contribution in [1.82, 2.24) is 14.7 Å². The number of aromatic nitrogens is 2. The summed E-state index contributed by atoms with van der Waals surface area (Å²) in [6, 6.07) is 12.0. The molecule has 0 bridgehead atoms. The number of anilines is 1. The third-order valence-corrected chi connectivity index (χ3v) is 5.01. The summed E-state index contributed by atoms with van der Waals surface area (Å²) in [5.74, 6) is 0.458. The van der Waals surface area contributed by atoms with Crippen LogP contribution in [0.5, 0.6) is 0 Å². The molecule has 6 heteroatoms. The summed E-state index contributed by atoms with van der Waals surface area (Å²) in [7, 11) is 3.71. The zero-order chi connectivity index (χ0) is 18.5. The van der Waals surface area contributed by atoms with Crippen molar-refractivity contribution in [2.24, 2.45) is 0 Å². The largest absolute Gasteiger partial charge is 0.376 e. The van der Waals surface area contributed by atoms with Crippen molar-refractivity contribution < 1.29 is 4.79 Å². The van der Waals surface area contributed by atoms with E-state index in [0.717, 1.165) is 38.0 Å². The number of carbonyl (C=O) groups is 1. The van der Waals surface area contributed by atoms with Crippen LogP contribution in [0.3, 0.4) is 0 Å². The fourth-order valence-electron chi connectivity index (χ4n) is 3.42. The number of amides is 1. The van der Waals surface area contributed by atoms with Gasteiger partial charge in [0.15, 0.2) is 0 Å². The maximum atomic E-state index is 12.7. The smallest absolute Gasteiger partial charge is 0.269 e. The minimum Gasteiger partial charge on any atom is -0.376 e. The summed E-state index contributed by atoms with van der Waals surface area (Å²) in [6.07, 6.45) is 4.64. The van der Waals surface area contributed by atoms with Crippen LogP contribution >= 0.6 is 0 Å². The third kappa shape index (κ3) is 4.31. The molecule has 0 N–H and O–H groups in total. The molecule has 26 heavy (non-hydrogen) atoms. The minimum absolute atomic E-state index is 0.00253. The van der Waals surface area contributed by atoms with Crippen LogP contribution in [0, 0.1) is 0 Å². The van der Waals surface area contributed by atoms with Crippen LogP contribution in [0.25, 0.3) is 0 Å². The van der Waals surface area contributed by atoms with Crippen molar-refractivity contribution in [1.29, 1.82) is 0 Å². The van der Waals surface area contributed by atoms with E-state index in [1.54, 1.807) is 6.20 Å². The average Bonchev–Trinajstić information content (AvgIpc) is 2.90. The molecule has 1 aliphatic rings. The van der Waals surface area contributed by atoms with E-state index in [1.165, 1.54) is 16.3 Å². The van der Waals surface area contributed by atoms with E-state index in [2.05, 4.69) is 29.4 Å². The highest BCUT2D eigenvalue weighted by Crippen LogP contribution is 2.27. The van der Waals surface area contributed by atoms with Gasteiger partial charge in [-0.25, -0.2) is 4.68 Å². The molecular formula is C20H26N4O2.